The predicted molar refractivity (Wildman–Crippen MR) is 133 cm³/mol. The number of amides is 1. The molecule has 1 amide bonds. The highest BCUT2D eigenvalue weighted by atomic mass is 19.1. The molecule has 0 bridgehead atoms. The quantitative estimate of drug-likeness (QED) is 0.395. The number of aromatic nitrogens is 4. The Morgan fingerprint density at radius 1 is 1.26 bits per heavy atom. The largest absolute Gasteiger partial charge is 0.474 e. The van der Waals surface area contributed by atoms with Gasteiger partial charge >= 0.3 is 0 Å². The zero-order valence-corrected chi connectivity index (χ0v) is 19.4. The van der Waals surface area contributed by atoms with Crippen molar-refractivity contribution in [3.63, 3.8) is 0 Å². The fourth-order valence-electron chi connectivity index (χ4n) is 3.52. The van der Waals surface area contributed by atoms with Crippen LogP contribution in [0, 0.1) is 5.82 Å². The van der Waals surface area contributed by atoms with Gasteiger partial charge in [-0.3, -0.25) is 9.78 Å². The molecule has 0 unspecified atom stereocenters. The maximum absolute atomic E-state index is 13.5. The zero-order valence-electron chi connectivity index (χ0n) is 19.4. The number of halogens is 1. The van der Waals surface area contributed by atoms with E-state index in [4.69, 9.17) is 4.74 Å². The third-order valence-corrected chi connectivity index (χ3v) is 5.32. The van der Waals surface area contributed by atoms with E-state index in [9.17, 15) is 9.18 Å². The van der Waals surface area contributed by atoms with Crippen molar-refractivity contribution in [1.82, 2.24) is 30.2 Å². The zero-order chi connectivity index (χ0) is 24.6. The molecule has 3 aromatic rings. The second kappa shape index (κ2) is 11.3. The summed E-state index contributed by atoms with van der Waals surface area (Å²) in [6.45, 7) is 5.85. The normalized spacial score (nSPS) is 14.2. The third-order valence-electron chi connectivity index (χ3n) is 5.32. The summed E-state index contributed by atoms with van der Waals surface area (Å²) in [6.07, 6.45) is 7.45. The number of ether oxygens (including phenoxy) is 1. The van der Waals surface area contributed by atoms with Crippen LogP contribution >= 0.6 is 0 Å². The first-order valence-corrected chi connectivity index (χ1v) is 11.2. The first-order chi connectivity index (χ1) is 17.0. The van der Waals surface area contributed by atoms with Gasteiger partial charge in [0, 0.05) is 39.4 Å². The van der Waals surface area contributed by atoms with Crippen LogP contribution in [0.25, 0.3) is 0 Å². The molecule has 10 nitrogen and oxygen atoms in total. The van der Waals surface area contributed by atoms with E-state index in [1.807, 2.05) is 6.07 Å². The molecule has 3 aromatic heterocycles. The Morgan fingerprint density at radius 3 is 2.86 bits per heavy atom. The van der Waals surface area contributed by atoms with Crippen LogP contribution in [0.1, 0.15) is 24.6 Å². The molecule has 0 aliphatic carbocycles. The van der Waals surface area contributed by atoms with Gasteiger partial charge in [0.15, 0.2) is 0 Å². The van der Waals surface area contributed by atoms with E-state index >= 15 is 0 Å². The number of nitrogens with one attached hydrogen (secondary N) is 3. The van der Waals surface area contributed by atoms with Crippen LogP contribution in [0.15, 0.2) is 55.5 Å². The summed E-state index contributed by atoms with van der Waals surface area (Å²) < 4.78 is 19.6. The number of carbonyl (C=O) groups excluding carboxylic acids is 1. The van der Waals surface area contributed by atoms with E-state index < -0.39 is 5.82 Å². The van der Waals surface area contributed by atoms with Crippen molar-refractivity contribution >= 4 is 29.2 Å². The molecule has 1 fully saturated rings. The Morgan fingerprint density at radius 2 is 2.09 bits per heavy atom. The Hall–Kier alpha value is -4.12. The average Bonchev–Trinajstić information content (AvgIpc) is 2.84. The number of carbonyl (C=O) groups is 1. The summed E-state index contributed by atoms with van der Waals surface area (Å²) in [4.78, 5) is 31.9. The van der Waals surface area contributed by atoms with E-state index in [1.54, 1.807) is 18.2 Å². The molecule has 4 heterocycles. The Labute approximate surface area is 204 Å². The van der Waals surface area contributed by atoms with Gasteiger partial charge < -0.3 is 25.6 Å². The number of nitrogens with zero attached hydrogens (tertiary/aromatic N) is 5. The molecule has 3 N–H and O–H groups in total. The average molecular weight is 481 g/mol. The minimum absolute atomic E-state index is 0. The summed E-state index contributed by atoms with van der Waals surface area (Å²) in [7, 11) is 2.09. The molecule has 0 saturated carbocycles. The molecule has 1 aliphatic rings. The van der Waals surface area contributed by atoms with Gasteiger partial charge in [-0.25, -0.2) is 9.37 Å². The summed E-state index contributed by atoms with van der Waals surface area (Å²) >= 11 is 0. The summed E-state index contributed by atoms with van der Waals surface area (Å²) in [5.41, 5.74) is 0.574. The van der Waals surface area contributed by atoms with Crippen LogP contribution in [-0.2, 0) is 0 Å². The lowest BCUT2D eigenvalue weighted by Gasteiger charge is -2.29. The smallest absolute Gasteiger partial charge is 0.256 e. The molecular formula is C24H29FN8O2. The lowest BCUT2D eigenvalue weighted by atomic mass is 10.1. The van der Waals surface area contributed by atoms with Crippen molar-refractivity contribution in [3.05, 3.63) is 66.9 Å². The molecule has 4 rings (SSSR count). The molecule has 1 saturated heterocycles. The van der Waals surface area contributed by atoms with Crippen LogP contribution in [0.5, 0.6) is 5.88 Å². The van der Waals surface area contributed by atoms with Crippen molar-refractivity contribution in [2.45, 2.75) is 18.9 Å². The van der Waals surface area contributed by atoms with Gasteiger partial charge in [0.1, 0.15) is 29.1 Å². The highest BCUT2D eigenvalue weighted by Gasteiger charge is 2.19. The predicted octanol–water partition coefficient (Wildman–Crippen LogP) is 3.53. The van der Waals surface area contributed by atoms with Gasteiger partial charge in [-0.15, -0.1) is 6.58 Å². The lowest BCUT2D eigenvalue weighted by molar-refractivity contribution is 0.0958. The molecule has 35 heavy (non-hydrogen) atoms. The number of hydrogen-bond acceptors (Lipinski definition) is 9. The minimum Gasteiger partial charge on any atom is -0.474 e. The number of pyridine rings is 2. The van der Waals surface area contributed by atoms with Gasteiger partial charge in [0.05, 0.1) is 18.1 Å². The van der Waals surface area contributed by atoms with E-state index in [0.29, 0.717) is 17.4 Å². The molecule has 1 aliphatic heterocycles. The monoisotopic (exact) mass is 480 g/mol. The van der Waals surface area contributed by atoms with Gasteiger partial charge in [-0.1, -0.05) is 12.1 Å². The number of likely N-dealkylation sites (tertiary alicyclic amines) is 1. The maximum Gasteiger partial charge on any atom is 0.256 e. The van der Waals surface area contributed by atoms with Gasteiger partial charge in [-0.2, -0.15) is 9.97 Å². The SMILES string of the molecule is C=CCNC(=O)c1cnc(Nc2cncc(F)c2)nc1Nc1cccc(OC2CCN(C)CC2)n1.[HH]. The van der Waals surface area contributed by atoms with E-state index in [-0.39, 0.29) is 37.3 Å². The van der Waals surface area contributed by atoms with Crippen molar-refractivity contribution < 1.29 is 15.3 Å². The van der Waals surface area contributed by atoms with Gasteiger partial charge in [0.25, 0.3) is 5.91 Å². The third kappa shape index (κ3) is 6.70. The van der Waals surface area contributed by atoms with Gasteiger partial charge in [-0.05, 0) is 26.0 Å². The molecule has 11 heteroatoms. The molecule has 0 aromatic carbocycles. The second-order valence-corrected chi connectivity index (χ2v) is 8.08. The Bertz CT molecular complexity index is 1190. The second-order valence-electron chi connectivity index (χ2n) is 8.08. The fraction of sp³-hybridized carbons (Fsp3) is 0.292. The molecule has 0 spiro atoms. The topological polar surface area (TPSA) is 117 Å². The summed E-state index contributed by atoms with van der Waals surface area (Å²) in [5.74, 6) is 0.423. The molecule has 184 valence electrons. The minimum atomic E-state index is -0.501. The van der Waals surface area contributed by atoms with Crippen LogP contribution in [0.2, 0.25) is 0 Å². The first-order valence-electron chi connectivity index (χ1n) is 11.2. The highest BCUT2D eigenvalue weighted by Crippen LogP contribution is 2.23. The van der Waals surface area contributed by atoms with E-state index in [0.717, 1.165) is 32.1 Å². The number of hydrogen-bond donors (Lipinski definition) is 3. The Balaban J connectivity index is 0.00000361. The summed E-state index contributed by atoms with van der Waals surface area (Å²) in [6, 6.07) is 6.62. The van der Waals surface area contributed by atoms with Gasteiger partial charge in [0.2, 0.25) is 11.8 Å². The van der Waals surface area contributed by atoms with Crippen molar-refractivity contribution in [2.75, 3.05) is 37.3 Å². The van der Waals surface area contributed by atoms with Crippen LogP contribution in [0.3, 0.4) is 0 Å². The number of anilines is 4. The fourth-order valence-corrected chi connectivity index (χ4v) is 3.52. The Kier molecular flexibility index (Phi) is 7.78. The highest BCUT2D eigenvalue weighted by molar-refractivity contribution is 5.99. The van der Waals surface area contributed by atoms with Crippen molar-refractivity contribution in [1.29, 1.82) is 0 Å². The lowest BCUT2D eigenvalue weighted by Crippen LogP contribution is -2.35. The molecule has 0 atom stereocenters. The standard InChI is InChI=1S/C24H27FN8O2.H2/c1-3-9-27-23(34)19-15-28-24(29-17-12-16(25)13-26-14-17)32-22(19)31-20-5-4-6-21(30-20)35-18-7-10-33(2)11-8-18;/h3-6,12-15,18H,1,7-11H2,2H3,(H,27,34)(H2,28,29,30,31,32);1H. The summed E-state index contributed by atoms with van der Waals surface area (Å²) in [5, 5.41) is 8.69. The van der Waals surface area contributed by atoms with Crippen LogP contribution in [-0.4, -0.2) is 63.5 Å². The van der Waals surface area contributed by atoms with Crippen LogP contribution in [0.4, 0.5) is 27.7 Å². The van der Waals surface area contributed by atoms with Crippen LogP contribution < -0.4 is 20.7 Å². The van der Waals surface area contributed by atoms with E-state index in [2.05, 4.69) is 54.4 Å². The van der Waals surface area contributed by atoms with E-state index in [1.165, 1.54) is 18.5 Å². The molecule has 0 radical (unpaired) electrons. The maximum atomic E-state index is 13.5. The molecular weight excluding hydrogens is 451 g/mol. The first kappa shape index (κ1) is 24.0. The number of rotatable bonds is 9. The van der Waals surface area contributed by atoms with Crippen molar-refractivity contribution in [3.8, 4) is 5.88 Å². The van der Waals surface area contributed by atoms with Crippen molar-refractivity contribution in [2.24, 2.45) is 0 Å². The number of piperidine rings is 1.